The number of nitrogens with one attached hydrogen (secondary N) is 1. The molecule has 0 bridgehead atoms. The van der Waals surface area contributed by atoms with Gasteiger partial charge in [-0.05, 0) is 26.3 Å². The lowest BCUT2D eigenvalue weighted by molar-refractivity contribution is -0.124. The average Bonchev–Trinajstić information content (AvgIpc) is 3.01. The molecule has 1 aliphatic heterocycles. The lowest BCUT2D eigenvalue weighted by Crippen LogP contribution is -2.47. The van der Waals surface area contributed by atoms with Crippen LogP contribution in [0.3, 0.4) is 0 Å². The van der Waals surface area contributed by atoms with E-state index in [9.17, 15) is 14.7 Å². The third-order valence-corrected chi connectivity index (χ3v) is 4.65. The smallest absolute Gasteiger partial charge is 0.411 e. The molecule has 2 amide bonds. The second-order valence-corrected chi connectivity index (χ2v) is 7.74. The summed E-state index contributed by atoms with van der Waals surface area (Å²) < 4.78 is 5.36. The molecule has 132 valence electrons. The van der Waals surface area contributed by atoms with Gasteiger partial charge in [-0.2, -0.15) is 0 Å². The number of nitrogens with zero attached hydrogens (tertiary/aromatic N) is 1. The SMILES string of the molecule is CC(C)(C)OC(=O)N1CCSC1C(=O)N[C@@H](CO)c1ccccc1. The molecule has 0 aliphatic carbocycles. The van der Waals surface area contributed by atoms with Crippen LogP contribution in [0.1, 0.15) is 32.4 Å². The first-order valence-electron chi connectivity index (χ1n) is 7.89. The van der Waals surface area contributed by atoms with Crippen molar-refractivity contribution in [1.82, 2.24) is 10.2 Å². The number of benzene rings is 1. The highest BCUT2D eigenvalue weighted by atomic mass is 32.2. The fourth-order valence-electron chi connectivity index (χ4n) is 2.36. The van der Waals surface area contributed by atoms with E-state index in [1.54, 1.807) is 20.8 Å². The van der Waals surface area contributed by atoms with Crippen molar-refractivity contribution in [3.8, 4) is 0 Å². The van der Waals surface area contributed by atoms with Crippen molar-refractivity contribution in [1.29, 1.82) is 0 Å². The van der Waals surface area contributed by atoms with Crippen LogP contribution in [0.4, 0.5) is 4.79 Å². The standard InChI is InChI=1S/C17H24N2O4S/c1-17(2,3)23-16(22)19-9-10-24-15(19)14(21)18-13(11-20)12-7-5-4-6-8-12/h4-8,13,15,20H,9-11H2,1-3H3,(H,18,21)/t13-,15?/m0/s1. The summed E-state index contributed by atoms with van der Waals surface area (Å²) in [5.41, 5.74) is 0.212. The molecule has 1 fully saturated rings. The Morgan fingerprint density at radius 1 is 1.38 bits per heavy atom. The monoisotopic (exact) mass is 352 g/mol. The number of ether oxygens (including phenoxy) is 1. The molecule has 2 rings (SSSR count). The quantitative estimate of drug-likeness (QED) is 0.868. The molecule has 2 atom stereocenters. The molecular formula is C17H24N2O4S. The zero-order valence-electron chi connectivity index (χ0n) is 14.2. The van der Waals surface area contributed by atoms with Gasteiger partial charge in [-0.1, -0.05) is 30.3 Å². The second-order valence-electron chi connectivity index (χ2n) is 6.55. The maximum absolute atomic E-state index is 12.6. The van der Waals surface area contributed by atoms with Gasteiger partial charge < -0.3 is 15.2 Å². The molecule has 1 heterocycles. The van der Waals surface area contributed by atoms with Crippen molar-refractivity contribution in [3.05, 3.63) is 35.9 Å². The van der Waals surface area contributed by atoms with Crippen LogP contribution < -0.4 is 5.32 Å². The fraction of sp³-hybridized carbons (Fsp3) is 0.529. The van der Waals surface area contributed by atoms with E-state index in [-0.39, 0.29) is 12.5 Å². The Morgan fingerprint density at radius 3 is 2.62 bits per heavy atom. The van der Waals surface area contributed by atoms with Gasteiger partial charge in [0.25, 0.3) is 5.91 Å². The second kappa shape index (κ2) is 7.90. The largest absolute Gasteiger partial charge is 0.444 e. The summed E-state index contributed by atoms with van der Waals surface area (Å²) in [4.78, 5) is 26.3. The van der Waals surface area contributed by atoms with Crippen molar-refractivity contribution in [2.75, 3.05) is 18.9 Å². The molecule has 1 aliphatic rings. The van der Waals surface area contributed by atoms with E-state index < -0.39 is 23.1 Å². The van der Waals surface area contributed by atoms with Crippen molar-refractivity contribution in [2.24, 2.45) is 0 Å². The minimum atomic E-state index is -0.641. The average molecular weight is 352 g/mol. The van der Waals surface area contributed by atoms with Crippen molar-refractivity contribution >= 4 is 23.8 Å². The van der Waals surface area contributed by atoms with Gasteiger partial charge in [0.1, 0.15) is 5.60 Å². The van der Waals surface area contributed by atoms with Crippen molar-refractivity contribution in [2.45, 2.75) is 37.8 Å². The molecule has 0 radical (unpaired) electrons. The number of carbonyl (C=O) groups is 2. The van der Waals surface area contributed by atoms with Gasteiger partial charge >= 0.3 is 6.09 Å². The molecule has 7 heteroatoms. The summed E-state index contributed by atoms with van der Waals surface area (Å²) in [6.45, 7) is 5.63. The summed E-state index contributed by atoms with van der Waals surface area (Å²) >= 11 is 1.39. The minimum absolute atomic E-state index is 0.209. The van der Waals surface area contributed by atoms with Crippen LogP contribution in [0.15, 0.2) is 30.3 Å². The number of aliphatic hydroxyl groups is 1. The maximum Gasteiger partial charge on any atom is 0.411 e. The van der Waals surface area contributed by atoms with Crippen molar-refractivity contribution in [3.63, 3.8) is 0 Å². The van der Waals surface area contributed by atoms with E-state index in [2.05, 4.69) is 5.32 Å². The van der Waals surface area contributed by atoms with E-state index in [1.807, 2.05) is 30.3 Å². The van der Waals surface area contributed by atoms with Crippen LogP contribution >= 0.6 is 11.8 Å². The van der Waals surface area contributed by atoms with E-state index in [0.717, 1.165) is 5.56 Å². The predicted octanol–water partition coefficient (Wildman–Crippen LogP) is 2.15. The Hall–Kier alpha value is -1.73. The number of amides is 2. The zero-order valence-corrected chi connectivity index (χ0v) is 15.0. The summed E-state index contributed by atoms with van der Waals surface area (Å²) in [5, 5.41) is 11.7. The predicted molar refractivity (Wildman–Crippen MR) is 93.6 cm³/mol. The summed E-state index contributed by atoms with van der Waals surface area (Å²) in [6.07, 6.45) is -0.493. The van der Waals surface area contributed by atoms with E-state index in [4.69, 9.17) is 4.74 Å². The van der Waals surface area contributed by atoms with Gasteiger partial charge in [-0.25, -0.2) is 4.79 Å². The van der Waals surface area contributed by atoms with Crippen molar-refractivity contribution < 1.29 is 19.4 Å². The van der Waals surface area contributed by atoms with Crippen LogP contribution in [-0.2, 0) is 9.53 Å². The van der Waals surface area contributed by atoms with Gasteiger partial charge in [-0.15, -0.1) is 11.8 Å². The molecule has 0 spiro atoms. The fourth-order valence-corrected chi connectivity index (χ4v) is 3.47. The van der Waals surface area contributed by atoms with E-state index in [1.165, 1.54) is 16.7 Å². The highest BCUT2D eigenvalue weighted by Crippen LogP contribution is 2.26. The van der Waals surface area contributed by atoms with Crippen LogP contribution in [-0.4, -0.2) is 51.9 Å². The van der Waals surface area contributed by atoms with Gasteiger partial charge in [0, 0.05) is 12.3 Å². The summed E-state index contributed by atoms with van der Waals surface area (Å²) in [6, 6.07) is 8.75. The number of hydrogen-bond donors (Lipinski definition) is 2. The zero-order chi connectivity index (χ0) is 17.7. The maximum atomic E-state index is 12.6. The topological polar surface area (TPSA) is 78.9 Å². The lowest BCUT2D eigenvalue weighted by atomic mass is 10.1. The third-order valence-electron chi connectivity index (χ3n) is 3.44. The molecule has 1 unspecified atom stereocenters. The Morgan fingerprint density at radius 2 is 2.04 bits per heavy atom. The number of aliphatic hydroxyl groups excluding tert-OH is 1. The first-order valence-corrected chi connectivity index (χ1v) is 8.94. The number of carbonyl (C=O) groups excluding carboxylic acids is 2. The Bertz CT molecular complexity index is 574. The number of hydrogen-bond acceptors (Lipinski definition) is 5. The van der Waals surface area contributed by atoms with Crippen LogP contribution in [0.25, 0.3) is 0 Å². The minimum Gasteiger partial charge on any atom is -0.444 e. The summed E-state index contributed by atoms with van der Waals surface area (Å²) in [7, 11) is 0. The van der Waals surface area contributed by atoms with Crippen LogP contribution in [0, 0.1) is 0 Å². The molecule has 1 aromatic carbocycles. The molecule has 0 aromatic heterocycles. The molecule has 2 N–H and O–H groups in total. The number of rotatable bonds is 4. The van der Waals surface area contributed by atoms with Crippen LogP contribution in [0.5, 0.6) is 0 Å². The third kappa shape index (κ3) is 4.88. The first-order chi connectivity index (χ1) is 11.3. The lowest BCUT2D eigenvalue weighted by Gasteiger charge is -2.28. The first kappa shape index (κ1) is 18.6. The van der Waals surface area contributed by atoms with Gasteiger partial charge in [0.2, 0.25) is 0 Å². The molecule has 1 aromatic rings. The van der Waals surface area contributed by atoms with Crippen LogP contribution in [0.2, 0.25) is 0 Å². The normalized spacial score (nSPS) is 19.0. The molecule has 1 saturated heterocycles. The Balaban J connectivity index is 2.03. The molecule has 24 heavy (non-hydrogen) atoms. The summed E-state index contributed by atoms with van der Waals surface area (Å²) in [5.74, 6) is 0.373. The van der Waals surface area contributed by atoms with Gasteiger partial charge in [0.15, 0.2) is 5.37 Å². The molecule has 6 nitrogen and oxygen atoms in total. The van der Waals surface area contributed by atoms with Gasteiger partial charge in [-0.3, -0.25) is 9.69 Å². The molecule has 0 saturated carbocycles. The van der Waals surface area contributed by atoms with E-state index >= 15 is 0 Å². The highest BCUT2D eigenvalue weighted by Gasteiger charge is 2.38. The molecular weight excluding hydrogens is 328 g/mol. The van der Waals surface area contributed by atoms with Gasteiger partial charge in [0.05, 0.1) is 12.6 Å². The van der Waals surface area contributed by atoms with E-state index in [0.29, 0.717) is 12.3 Å². The highest BCUT2D eigenvalue weighted by molar-refractivity contribution is 8.00. The Labute approximate surface area is 146 Å². The number of thioether (sulfide) groups is 1. The Kier molecular flexibility index (Phi) is 6.12.